The van der Waals surface area contributed by atoms with Crippen LogP contribution >= 0.6 is 11.8 Å². The number of fused-ring (bicyclic) bond motifs is 1. The third kappa shape index (κ3) is 2.26. The number of imidazole rings is 1. The zero-order valence-electron chi connectivity index (χ0n) is 10.6. The topological polar surface area (TPSA) is 84.3 Å². The summed E-state index contributed by atoms with van der Waals surface area (Å²) in [5.41, 5.74) is 0.828. The minimum atomic E-state index is 0.656. The average molecular weight is 275 g/mol. The number of hydrogen-bond donors (Lipinski definition) is 2. The van der Waals surface area contributed by atoms with E-state index < -0.39 is 0 Å². The highest BCUT2D eigenvalue weighted by atomic mass is 32.2. The van der Waals surface area contributed by atoms with Crippen LogP contribution in [0.5, 0.6) is 0 Å². The Morgan fingerprint density at radius 3 is 3.05 bits per heavy atom. The molecule has 3 aromatic rings. The zero-order valence-corrected chi connectivity index (χ0v) is 11.4. The van der Waals surface area contributed by atoms with Crippen molar-refractivity contribution < 1.29 is 0 Å². The zero-order chi connectivity index (χ0) is 13.2. The summed E-state index contributed by atoms with van der Waals surface area (Å²) in [6.45, 7) is 0. The summed E-state index contributed by atoms with van der Waals surface area (Å²) in [4.78, 5) is 16.2. The van der Waals surface area contributed by atoms with Crippen LogP contribution in [0, 0.1) is 0 Å². The van der Waals surface area contributed by atoms with Crippen LogP contribution in [0.4, 0.5) is 5.82 Å². The van der Waals surface area contributed by atoms with Crippen molar-refractivity contribution in [1.82, 2.24) is 29.7 Å². The number of nitrogens with one attached hydrogen (secondary N) is 2. The maximum atomic E-state index is 4.53. The van der Waals surface area contributed by atoms with Crippen molar-refractivity contribution in [1.29, 1.82) is 0 Å². The molecule has 0 fully saturated rings. The fourth-order valence-corrected chi connectivity index (χ4v) is 2.47. The Labute approximate surface area is 113 Å². The molecule has 0 aromatic carbocycles. The van der Waals surface area contributed by atoms with Crippen LogP contribution in [0.1, 0.15) is 5.82 Å². The van der Waals surface area contributed by atoms with Gasteiger partial charge in [-0.2, -0.15) is 5.10 Å². The summed E-state index contributed by atoms with van der Waals surface area (Å²) < 4.78 is 1.75. The Morgan fingerprint density at radius 1 is 1.42 bits per heavy atom. The smallest absolute Gasteiger partial charge is 0.165 e. The third-order valence-electron chi connectivity index (χ3n) is 2.69. The lowest BCUT2D eigenvalue weighted by Gasteiger charge is -2.05. The van der Waals surface area contributed by atoms with Crippen LogP contribution < -0.4 is 5.32 Å². The fraction of sp³-hybridized carbons (Fsp3) is 0.273. The van der Waals surface area contributed by atoms with Gasteiger partial charge in [0.25, 0.3) is 0 Å². The second kappa shape index (κ2) is 4.88. The van der Waals surface area contributed by atoms with Crippen LogP contribution in [0.25, 0.3) is 11.0 Å². The molecule has 0 aliphatic carbocycles. The molecule has 19 heavy (non-hydrogen) atoms. The molecule has 98 valence electrons. The van der Waals surface area contributed by atoms with Crippen molar-refractivity contribution in [3.63, 3.8) is 0 Å². The molecule has 0 spiro atoms. The Kier molecular flexibility index (Phi) is 3.08. The van der Waals surface area contributed by atoms with Crippen LogP contribution in [0.2, 0.25) is 0 Å². The van der Waals surface area contributed by atoms with E-state index in [0.29, 0.717) is 5.75 Å². The van der Waals surface area contributed by atoms with Gasteiger partial charge in [0.05, 0.1) is 17.3 Å². The highest BCUT2D eigenvalue weighted by molar-refractivity contribution is 7.98. The van der Waals surface area contributed by atoms with Gasteiger partial charge in [0.2, 0.25) is 0 Å². The van der Waals surface area contributed by atoms with E-state index in [9.17, 15) is 0 Å². The van der Waals surface area contributed by atoms with Gasteiger partial charge in [0.1, 0.15) is 11.6 Å². The van der Waals surface area contributed by atoms with Gasteiger partial charge in [-0.25, -0.2) is 15.0 Å². The highest BCUT2D eigenvalue weighted by Crippen LogP contribution is 2.22. The summed E-state index contributed by atoms with van der Waals surface area (Å²) in [5, 5.41) is 9.07. The van der Waals surface area contributed by atoms with Gasteiger partial charge in [-0.1, -0.05) is 11.8 Å². The Bertz CT molecular complexity index is 688. The van der Waals surface area contributed by atoms with E-state index >= 15 is 0 Å². The second-order valence-electron chi connectivity index (χ2n) is 3.93. The van der Waals surface area contributed by atoms with Crippen molar-refractivity contribution in [3.05, 3.63) is 24.4 Å². The minimum absolute atomic E-state index is 0.656. The molecule has 0 amide bonds. The van der Waals surface area contributed by atoms with Crippen molar-refractivity contribution in [3.8, 4) is 0 Å². The van der Waals surface area contributed by atoms with Gasteiger partial charge in [-0.05, 0) is 0 Å². The molecule has 0 aliphatic heterocycles. The monoisotopic (exact) mass is 275 g/mol. The molecule has 3 heterocycles. The van der Waals surface area contributed by atoms with E-state index in [-0.39, 0.29) is 0 Å². The molecule has 0 saturated heterocycles. The number of anilines is 1. The number of nitrogens with zero attached hydrogens (tertiary/aromatic N) is 5. The summed E-state index contributed by atoms with van der Waals surface area (Å²) in [5.74, 6) is 2.21. The van der Waals surface area contributed by atoms with E-state index in [0.717, 1.165) is 27.8 Å². The molecule has 0 unspecified atom stereocenters. The minimum Gasteiger partial charge on any atom is -0.372 e. The lowest BCUT2D eigenvalue weighted by atomic mass is 10.4. The van der Waals surface area contributed by atoms with Crippen LogP contribution in [0.15, 0.2) is 23.7 Å². The number of H-pyrrole nitrogens is 1. The molecule has 3 aromatic heterocycles. The number of aryl methyl sites for hydroxylation is 1. The first kappa shape index (κ1) is 12.0. The quantitative estimate of drug-likeness (QED) is 0.701. The van der Waals surface area contributed by atoms with E-state index in [4.69, 9.17) is 0 Å². The van der Waals surface area contributed by atoms with Crippen LogP contribution in [-0.2, 0) is 12.8 Å². The van der Waals surface area contributed by atoms with E-state index in [1.54, 1.807) is 35.0 Å². The first-order valence-electron chi connectivity index (χ1n) is 5.76. The normalized spacial score (nSPS) is 11.1. The highest BCUT2D eigenvalue weighted by Gasteiger charge is 2.11. The first-order chi connectivity index (χ1) is 9.28. The van der Waals surface area contributed by atoms with E-state index in [2.05, 4.69) is 30.4 Å². The lowest BCUT2D eigenvalue weighted by molar-refractivity contribution is 0.782. The summed E-state index contributed by atoms with van der Waals surface area (Å²) in [6.07, 6.45) is 5.30. The Hall–Kier alpha value is -2.09. The number of hydrogen-bond acceptors (Lipinski definition) is 6. The molecule has 0 aliphatic rings. The van der Waals surface area contributed by atoms with Gasteiger partial charge < -0.3 is 10.3 Å². The number of thioether (sulfide) groups is 1. The first-order valence-corrected chi connectivity index (χ1v) is 6.75. The van der Waals surface area contributed by atoms with Gasteiger partial charge in [-0.3, -0.25) is 4.68 Å². The molecule has 3 rings (SSSR count). The summed E-state index contributed by atoms with van der Waals surface area (Å²) >= 11 is 1.57. The summed E-state index contributed by atoms with van der Waals surface area (Å²) in [7, 11) is 3.72. The molecular weight excluding hydrogens is 262 g/mol. The lowest BCUT2D eigenvalue weighted by Crippen LogP contribution is -2.02. The molecule has 0 radical (unpaired) electrons. The molecule has 8 heteroatoms. The predicted molar refractivity (Wildman–Crippen MR) is 74.0 cm³/mol. The molecule has 2 N–H and O–H groups in total. The van der Waals surface area contributed by atoms with Crippen molar-refractivity contribution in [2.24, 2.45) is 7.05 Å². The maximum Gasteiger partial charge on any atom is 0.165 e. The molecular formula is C11H13N7S. The summed E-state index contributed by atoms with van der Waals surface area (Å²) in [6, 6.07) is 0. The Balaban J connectivity index is 1.92. The SMILES string of the molecule is CNc1nc(CSc2ncc[nH]2)nc2c1cnn2C. The standard InChI is InChI=1S/C11H13N7S/c1-12-9-7-5-15-18(2)10(7)17-8(16-9)6-19-11-13-3-4-14-11/h3-5H,6H2,1-2H3,(H,13,14)(H,12,16,17). The van der Waals surface area contributed by atoms with Gasteiger partial charge in [0, 0.05) is 26.5 Å². The molecule has 0 saturated carbocycles. The van der Waals surface area contributed by atoms with Gasteiger partial charge in [0.15, 0.2) is 10.8 Å². The van der Waals surface area contributed by atoms with Crippen molar-refractivity contribution in [2.45, 2.75) is 10.9 Å². The Morgan fingerprint density at radius 2 is 2.32 bits per heavy atom. The largest absolute Gasteiger partial charge is 0.372 e. The second-order valence-corrected chi connectivity index (χ2v) is 4.89. The predicted octanol–water partition coefficient (Wildman–Crippen LogP) is 1.42. The van der Waals surface area contributed by atoms with Crippen LogP contribution in [-0.4, -0.2) is 36.8 Å². The average Bonchev–Trinajstić information content (AvgIpc) is 3.06. The third-order valence-corrected chi connectivity index (χ3v) is 3.59. The van der Waals surface area contributed by atoms with E-state index in [1.165, 1.54) is 0 Å². The van der Waals surface area contributed by atoms with Gasteiger partial charge in [-0.15, -0.1) is 0 Å². The number of aromatic amines is 1. The molecule has 7 nitrogen and oxygen atoms in total. The fourth-order valence-electron chi connectivity index (χ4n) is 1.78. The number of rotatable bonds is 4. The van der Waals surface area contributed by atoms with E-state index in [1.807, 2.05) is 14.1 Å². The molecule has 0 atom stereocenters. The van der Waals surface area contributed by atoms with Crippen molar-refractivity contribution >= 4 is 28.6 Å². The van der Waals surface area contributed by atoms with Crippen LogP contribution in [0.3, 0.4) is 0 Å². The van der Waals surface area contributed by atoms with Gasteiger partial charge >= 0.3 is 0 Å². The molecule has 0 bridgehead atoms. The number of aromatic nitrogens is 6. The van der Waals surface area contributed by atoms with Crippen molar-refractivity contribution in [2.75, 3.05) is 12.4 Å². The maximum absolute atomic E-state index is 4.53.